The highest BCUT2D eigenvalue weighted by atomic mass is 14.5. The minimum absolute atomic E-state index is 0.478. The lowest BCUT2D eigenvalue weighted by Gasteiger charge is -2.51. The lowest BCUT2D eigenvalue weighted by atomic mass is 9.53. The Kier molecular flexibility index (Phi) is 6.63. The third-order valence-electron chi connectivity index (χ3n) is 5.51. The molecule has 0 aromatic rings. The summed E-state index contributed by atoms with van der Waals surface area (Å²) in [4.78, 5) is 0. The second kappa shape index (κ2) is 7.50. The van der Waals surface area contributed by atoms with Crippen molar-refractivity contribution in [3.05, 3.63) is 12.2 Å². The molecule has 0 radical (unpaired) electrons. The molecule has 0 aromatic carbocycles. The van der Waals surface area contributed by atoms with Gasteiger partial charge in [0.05, 0.1) is 0 Å². The fraction of sp³-hybridized carbons (Fsp3) is 0.895. The number of hydrogen-bond acceptors (Lipinski definition) is 0. The van der Waals surface area contributed by atoms with E-state index in [1.807, 2.05) is 0 Å². The van der Waals surface area contributed by atoms with Crippen LogP contribution in [0.1, 0.15) is 98.3 Å². The van der Waals surface area contributed by atoms with Crippen molar-refractivity contribution in [3.63, 3.8) is 0 Å². The molecule has 1 aliphatic rings. The summed E-state index contributed by atoms with van der Waals surface area (Å²) in [5, 5.41) is 0. The Bertz CT molecular complexity index is 225. The predicted molar refractivity (Wildman–Crippen MR) is 87.5 cm³/mol. The number of rotatable bonds is 8. The Balaban J connectivity index is 3.04. The summed E-state index contributed by atoms with van der Waals surface area (Å²) in [5.41, 5.74) is 2.61. The molecule has 0 heterocycles. The van der Waals surface area contributed by atoms with E-state index in [1.54, 1.807) is 5.57 Å². The van der Waals surface area contributed by atoms with Gasteiger partial charge in [-0.15, -0.1) is 0 Å². The molecule has 0 aromatic heterocycles. The van der Waals surface area contributed by atoms with Crippen LogP contribution in [0, 0.1) is 10.8 Å². The molecule has 1 fully saturated rings. The number of hydrogen-bond donors (Lipinski definition) is 0. The second-order valence-corrected chi connectivity index (χ2v) is 6.89. The fourth-order valence-corrected chi connectivity index (χ4v) is 4.90. The van der Waals surface area contributed by atoms with Crippen LogP contribution in [0.15, 0.2) is 12.2 Å². The number of allylic oxidation sites excluding steroid dienone is 1. The third-order valence-corrected chi connectivity index (χ3v) is 5.51. The van der Waals surface area contributed by atoms with Crippen molar-refractivity contribution in [2.75, 3.05) is 0 Å². The molecule has 1 rings (SSSR count). The van der Waals surface area contributed by atoms with Gasteiger partial charge in [0.2, 0.25) is 0 Å². The van der Waals surface area contributed by atoms with Crippen molar-refractivity contribution in [1.82, 2.24) is 0 Å². The van der Waals surface area contributed by atoms with Crippen molar-refractivity contribution in [2.24, 2.45) is 10.8 Å². The molecule has 0 unspecified atom stereocenters. The van der Waals surface area contributed by atoms with Crippen molar-refractivity contribution in [3.8, 4) is 0 Å². The zero-order valence-corrected chi connectivity index (χ0v) is 14.0. The SMILES string of the molecule is C=C1C(CCC)(CCC)CCCC1(CCC)CCC. The summed E-state index contributed by atoms with van der Waals surface area (Å²) in [7, 11) is 0. The van der Waals surface area contributed by atoms with Crippen LogP contribution in [0.3, 0.4) is 0 Å². The van der Waals surface area contributed by atoms with Gasteiger partial charge in [-0.3, -0.25) is 0 Å². The van der Waals surface area contributed by atoms with Gasteiger partial charge in [0.1, 0.15) is 0 Å². The molecule has 0 aliphatic heterocycles. The predicted octanol–water partition coefficient (Wildman–Crippen LogP) is 6.90. The van der Waals surface area contributed by atoms with Crippen LogP contribution in [-0.4, -0.2) is 0 Å². The largest absolute Gasteiger partial charge is 0.0987 e. The van der Waals surface area contributed by atoms with Crippen molar-refractivity contribution >= 4 is 0 Å². The normalized spacial score (nSPS) is 21.6. The monoisotopic (exact) mass is 264 g/mol. The molecule has 0 nitrogen and oxygen atoms in total. The Morgan fingerprint density at radius 2 is 1.05 bits per heavy atom. The maximum absolute atomic E-state index is 4.70. The zero-order valence-electron chi connectivity index (χ0n) is 14.0. The molecule has 112 valence electrons. The molecule has 0 N–H and O–H groups in total. The zero-order chi connectivity index (χ0) is 14.4. The minimum atomic E-state index is 0.478. The first-order chi connectivity index (χ1) is 9.10. The van der Waals surface area contributed by atoms with Gasteiger partial charge in [-0.1, -0.05) is 72.0 Å². The van der Waals surface area contributed by atoms with Gasteiger partial charge in [-0.2, -0.15) is 0 Å². The van der Waals surface area contributed by atoms with Crippen LogP contribution in [0.25, 0.3) is 0 Å². The molecule has 19 heavy (non-hydrogen) atoms. The molecule has 0 bridgehead atoms. The van der Waals surface area contributed by atoms with E-state index in [2.05, 4.69) is 27.7 Å². The molecular formula is C19H36. The lowest BCUT2D eigenvalue weighted by Crippen LogP contribution is -2.39. The molecular weight excluding hydrogens is 228 g/mol. The topological polar surface area (TPSA) is 0 Å². The molecule has 0 atom stereocenters. The maximum Gasteiger partial charge on any atom is -0.00854 e. The van der Waals surface area contributed by atoms with Gasteiger partial charge >= 0.3 is 0 Å². The van der Waals surface area contributed by atoms with Gasteiger partial charge in [0, 0.05) is 0 Å². The first kappa shape index (κ1) is 16.8. The average molecular weight is 264 g/mol. The first-order valence-electron chi connectivity index (χ1n) is 8.80. The quantitative estimate of drug-likeness (QED) is 0.418. The van der Waals surface area contributed by atoms with Crippen molar-refractivity contribution < 1.29 is 0 Å². The van der Waals surface area contributed by atoms with Gasteiger partial charge < -0.3 is 0 Å². The van der Waals surface area contributed by atoms with Gasteiger partial charge in [0.15, 0.2) is 0 Å². The van der Waals surface area contributed by atoms with Crippen LogP contribution < -0.4 is 0 Å². The summed E-state index contributed by atoms with van der Waals surface area (Å²) in [5.74, 6) is 0. The summed E-state index contributed by atoms with van der Waals surface area (Å²) in [6.07, 6.45) is 15.0. The smallest absolute Gasteiger partial charge is 0.00854 e. The van der Waals surface area contributed by atoms with Crippen LogP contribution in [-0.2, 0) is 0 Å². The first-order valence-corrected chi connectivity index (χ1v) is 8.80. The van der Waals surface area contributed by atoms with Gasteiger partial charge in [-0.25, -0.2) is 0 Å². The van der Waals surface area contributed by atoms with Crippen LogP contribution in [0.5, 0.6) is 0 Å². The van der Waals surface area contributed by atoms with E-state index in [1.165, 1.54) is 70.6 Å². The van der Waals surface area contributed by atoms with E-state index in [9.17, 15) is 0 Å². The van der Waals surface area contributed by atoms with Crippen LogP contribution >= 0.6 is 0 Å². The van der Waals surface area contributed by atoms with E-state index in [0.717, 1.165) is 0 Å². The standard InChI is InChI=1S/C19H36/c1-6-11-18(12-7-2)15-10-16-19(13-8-3,14-9-4)17(18)5/h5-16H2,1-4H3. The third kappa shape index (κ3) is 3.44. The molecule has 0 spiro atoms. The highest BCUT2D eigenvalue weighted by Gasteiger charge is 2.45. The van der Waals surface area contributed by atoms with Crippen LogP contribution in [0.4, 0.5) is 0 Å². The van der Waals surface area contributed by atoms with E-state index >= 15 is 0 Å². The lowest BCUT2D eigenvalue weighted by molar-refractivity contribution is 0.114. The summed E-state index contributed by atoms with van der Waals surface area (Å²) in [6, 6.07) is 0. The van der Waals surface area contributed by atoms with Gasteiger partial charge in [-0.05, 0) is 49.4 Å². The Morgan fingerprint density at radius 1 is 0.737 bits per heavy atom. The maximum atomic E-state index is 4.70. The molecule has 0 saturated heterocycles. The Morgan fingerprint density at radius 3 is 1.32 bits per heavy atom. The van der Waals surface area contributed by atoms with E-state index in [0.29, 0.717) is 10.8 Å². The highest BCUT2D eigenvalue weighted by molar-refractivity contribution is 5.23. The van der Waals surface area contributed by atoms with Gasteiger partial charge in [0.25, 0.3) is 0 Å². The van der Waals surface area contributed by atoms with E-state index < -0.39 is 0 Å². The molecule has 0 heteroatoms. The Hall–Kier alpha value is -0.260. The van der Waals surface area contributed by atoms with E-state index in [4.69, 9.17) is 6.58 Å². The summed E-state index contributed by atoms with van der Waals surface area (Å²) < 4.78 is 0. The minimum Gasteiger partial charge on any atom is -0.0987 e. The molecule has 1 saturated carbocycles. The summed E-state index contributed by atoms with van der Waals surface area (Å²) in [6.45, 7) is 14.1. The molecule has 1 aliphatic carbocycles. The van der Waals surface area contributed by atoms with Crippen LogP contribution in [0.2, 0.25) is 0 Å². The second-order valence-electron chi connectivity index (χ2n) is 6.89. The van der Waals surface area contributed by atoms with Crippen molar-refractivity contribution in [1.29, 1.82) is 0 Å². The van der Waals surface area contributed by atoms with E-state index in [-0.39, 0.29) is 0 Å². The van der Waals surface area contributed by atoms with Crippen molar-refractivity contribution in [2.45, 2.75) is 98.3 Å². The molecule has 0 amide bonds. The highest BCUT2D eigenvalue weighted by Crippen LogP contribution is 2.58. The fourth-order valence-electron chi connectivity index (χ4n) is 4.90. The average Bonchev–Trinajstić information content (AvgIpc) is 2.37. The Labute approximate surface area is 122 Å². The summed E-state index contributed by atoms with van der Waals surface area (Å²) >= 11 is 0.